The summed E-state index contributed by atoms with van der Waals surface area (Å²) >= 11 is 1.50. The van der Waals surface area contributed by atoms with Gasteiger partial charge in [0.05, 0.1) is 20.8 Å². The molecule has 1 atom stereocenters. The van der Waals surface area contributed by atoms with Gasteiger partial charge >= 0.3 is 0 Å². The number of hydrogen-bond donors (Lipinski definition) is 1. The highest BCUT2D eigenvalue weighted by Crippen LogP contribution is 2.40. The molecule has 7 nitrogen and oxygen atoms in total. The third kappa shape index (κ3) is 3.98. The summed E-state index contributed by atoms with van der Waals surface area (Å²) in [6.45, 7) is 1.20. The van der Waals surface area contributed by atoms with Gasteiger partial charge in [-0.05, 0) is 50.4 Å². The fraction of sp³-hybridized carbons (Fsp3) is 0.550. The van der Waals surface area contributed by atoms with Crippen LogP contribution in [0.4, 0.5) is 5.13 Å². The number of ether oxygens (including phenoxy) is 2. The molecular formula is C20H26N4O3S. The summed E-state index contributed by atoms with van der Waals surface area (Å²) in [6.07, 6.45) is 5.65. The molecule has 8 heteroatoms. The summed E-state index contributed by atoms with van der Waals surface area (Å²) in [6, 6.07) is 5.96. The van der Waals surface area contributed by atoms with Crippen LogP contribution in [0.2, 0.25) is 0 Å². The number of likely N-dealkylation sites (tertiary alicyclic amines) is 1. The van der Waals surface area contributed by atoms with Crippen molar-refractivity contribution in [1.29, 1.82) is 0 Å². The van der Waals surface area contributed by atoms with E-state index in [1.165, 1.54) is 30.6 Å². The zero-order valence-electron chi connectivity index (χ0n) is 16.3. The Balaban J connectivity index is 1.42. The second kappa shape index (κ2) is 8.45. The number of aromatic nitrogens is 2. The van der Waals surface area contributed by atoms with Gasteiger partial charge in [0.2, 0.25) is 11.0 Å². The Morgan fingerprint density at radius 1 is 1.21 bits per heavy atom. The fourth-order valence-electron chi connectivity index (χ4n) is 3.92. The smallest absolute Gasteiger partial charge is 0.240 e. The number of nitrogens with zero attached hydrogens (tertiary/aromatic N) is 3. The molecule has 28 heavy (non-hydrogen) atoms. The third-order valence-electron chi connectivity index (χ3n) is 5.65. The van der Waals surface area contributed by atoms with Gasteiger partial charge in [0.25, 0.3) is 0 Å². The van der Waals surface area contributed by atoms with Gasteiger partial charge in [0.1, 0.15) is 16.5 Å². The van der Waals surface area contributed by atoms with Gasteiger partial charge in [0.15, 0.2) is 0 Å². The molecule has 2 aliphatic rings. The Bertz CT molecular complexity index is 837. The summed E-state index contributed by atoms with van der Waals surface area (Å²) < 4.78 is 10.9. The van der Waals surface area contributed by atoms with E-state index in [0.29, 0.717) is 17.6 Å². The van der Waals surface area contributed by atoms with Crippen molar-refractivity contribution < 1.29 is 14.3 Å². The van der Waals surface area contributed by atoms with Gasteiger partial charge in [-0.25, -0.2) is 0 Å². The van der Waals surface area contributed by atoms with Crippen LogP contribution in [0.3, 0.4) is 0 Å². The standard InChI is InChI=1S/C20H26N4O3S/c1-26-14-8-9-17(27-2)15(11-14)16-7-4-10-24(16)12-18(25)21-20-23-22-19(28-20)13-5-3-6-13/h8-9,11,13,16H,3-7,10,12H2,1-2H3,(H,21,23,25)/t16-/m0/s1. The minimum absolute atomic E-state index is 0.0509. The second-order valence-electron chi connectivity index (χ2n) is 7.36. The largest absolute Gasteiger partial charge is 0.497 e. The maximum absolute atomic E-state index is 12.6. The number of nitrogens with one attached hydrogen (secondary N) is 1. The van der Waals surface area contributed by atoms with Crippen LogP contribution in [0.1, 0.15) is 54.6 Å². The predicted molar refractivity (Wildman–Crippen MR) is 108 cm³/mol. The molecule has 1 amide bonds. The van der Waals surface area contributed by atoms with E-state index >= 15 is 0 Å². The van der Waals surface area contributed by atoms with Crippen molar-refractivity contribution in [2.24, 2.45) is 0 Å². The molecule has 4 rings (SSSR count). The van der Waals surface area contributed by atoms with Gasteiger partial charge in [-0.3, -0.25) is 15.0 Å². The van der Waals surface area contributed by atoms with E-state index in [1.807, 2.05) is 18.2 Å². The topological polar surface area (TPSA) is 76.6 Å². The molecule has 1 aromatic heterocycles. The molecular weight excluding hydrogens is 376 g/mol. The molecule has 1 saturated heterocycles. The lowest BCUT2D eigenvalue weighted by atomic mass is 9.86. The van der Waals surface area contributed by atoms with E-state index in [2.05, 4.69) is 20.4 Å². The minimum atomic E-state index is -0.0509. The van der Waals surface area contributed by atoms with Crippen LogP contribution in [0.15, 0.2) is 18.2 Å². The fourth-order valence-corrected chi connectivity index (χ4v) is 4.84. The average molecular weight is 403 g/mol. The number of benzene rings is 1. The lowest BCUT2D eigenvalue weighted by molar-refractivity contribution is -0.117. The van der Waals surface area contributed by atoms with Crippen molar-refractivity contribution in [3.05, 3.63) is 28.8 Å². The van der Waals surface area contributed by atoms with Crippen LogP contribution in [0, 0.1) is 0 Å². The highest BCUT2D eigenvalue weighted by Gasteiger charge is 2.30. The Kier molecular flexibility index (Phi) is 5.77. The van der Waals surface area contributed by atoms with Crippen LogP contribution in [0.25, 0.3) is 0 Å². The van der Waals surface area contributed by atoms with Crippen LogP contribution < -0.4 is 14.8 Å². The van der Waals surface area contributed by atoms with Crippen LogP contribution in [-0.4, -0.2) is 48.3 Å². The molecule has 1 saturated carbocycles. The highest BCUT2D eigenvalue weighted by molar-refractivity contribution is 7.15. The highest BCUT2D eigenvalue weighted by atomic mass is 32.1. The normalized spacial score (nSPS) is 20.0. The quantitative estimate of drug-likeness (QED) is 0.763. The molecule has 2 fully saturated rings. The van der Waals surface area contributed by atoms with Crippen LogP contribution in [-0.2, 0) is 4.79 Å². The van der Waals surface area contributed by atoms with Crippen LogP contribution >= 0.6 is 11.3 Å². The van der Waals surface area contributed by atoms with Crippen molar-refractivity contribution in [3.8, 4) is 11.5 Å². The molecule has 0 spiro atoms. The Morgan fingerprint density at radius 3 is 2.79 bits per heavy atom. The minimum Gasteiger partial charge on any atom is -0.497 e. The first-order valence-electron chi connectivity index (χ1n) is 9.77. The number of hydrogen-bond acceptors (Lipinski definition) is 7. The number of carbonyl (C=O) groups excluding carboxylic acids is 1. The SMILES string of the molecule is COc1ccc(OC)c([C@@H]2CCCN2CC(=O)Nc2nnc(C3CCC3)s2)c1. The first-order chi connectivity index (χ1) is 13.7. The molecule has 1 aromatic carbocycles. The first-order valence-corrected chi connectivity index (χ1v) is 10.6. The van der Waals surface area contributed by atoms with Gasteiger partial charge in [0, 0.05) is 17.5 Å². The summed E-state index contributed by atoms with van der Waals surface area (Å²) in [5, 5.41) is 12.9. The van der Waals surface area contributed by atoms with Crippen molar-refractivity contribution in [3.63, 3.8) is 0 Å². The maximum atomic E-state index is 12.6. The molecule has 0 unspecified atom stereocenters. The Morgan fingerprint density at radius 2 is 2.07 bits per heavy atom. The third-order valence-corrected chi connectivity index (χ3v) is 6.65. The second-order valence-corrected chi connectivity index (χ2v) is 8.37. The van der Waals surface area contributed by atoms with E-state index in [0.717, 1.165) is 41.5 Å². The maximum Gasteiger partial charge on any atom is 0.240 e. The summed E-state index contributed by atoms with van der Waals surface area (Å²) in [5.41, 5.74) is 1.07. The molecule has 2 aromatic rings. The van der Waals surface area contributed by atoms with Crippen molar-refractivity contribution in [2.75, 3.05) is 32.6 Å². The monoisotopic (exact) mass is 402 g/mol. The van der Waals surface area contributed by atoms with E-state index in [4.69, 9.17) is 9.47 Å². The molecule has 0 bridgehead atoms. The van der Waals surface area contributed by atoms with Gasteiger partial charge in [-0.2, -0.15) is 0 Å². The Hall–Kier alpha value is -2.19. The average Bonchev–Trinajstić information content (AvgIpc) is 3.29. The summed E-state index contributed by atoms with van der Waals surface area (Å²) in [4.78, 5) is 14.8. The number of carbonyl (C=O) groups is 1. The number of anilines is 1. The van der Waals surface area contributed by atoms with Gasteiger partial charge in [-0.1, -0.05) is 17.8 Å². The van der Waals surface area contributed by atoms with Crippen LogP contribution in [0.5, 0.6) is 11.5 Å². The molecule has 0 radical (unpaired) electrons. The van der Waals surface area contributed by atoms with Gasteiger partial charge in [-0.15, -0.1) is 10.2 Å². The first kappa shape index (κ1) is 19.1. The molecule has 2 heterocycles. The number of methoxy groups -OCH3 is 2. The predicted octanol–water partition coefficient (Wildman–Crippen LogP) is 3.60. The molecule has 150 valence electrons. The summed E-state index contributed by atoms with van der Waals surface area (Å²) in [7, 11) is 3.33. The van der Waals surface area contributed by atoms with E-state index in [1.54, 1.807) is 14.2 Å². The van der Waals surface area contributed by atoms with E-state index in [9.17, 15) is 4.79 Å². The van der Waals surface area contributed by atoms with Gasteiger partial charge < -0.3 is 9.47 Å². The Labute approximate surface area is 169 Å². The zero-order chi connectivity index (χ0) is 19.5. The van der Waals surface area contributed by atoms with E-state index < -0.39 is 0 Å². The van der Waals surface area contributed by atoms with Crippen molar-refractivity contribution in [1.82, 2.24) is 15.1 Å². The number of amides is 1. The lowest BCUT2D eigenvalue weighted by Crippen LogP contribution is -2.33. The number of rotatable bonds is 7. The zero-order valence-corrected chi connectivity index (χ0v) is 17.1. The lowest BCUT2D eigenvalue weighted by Gasteiger charge is -2.25. The van der Waals surface area contributed by atoms with Crippen molar-refractivity contribution >= 4 is 22.4 Å². The molecule has 1 N–H and O–H groups in total. The van der Waals surface area contributed by atoms with E-state index in [-0.39, 0.29) is 11.9 Å². The van der Waals surface area contributed by atoms with Crippen molar-refractivity contribution in [2.45, 2.75) is 44.1 Å². The molecule has 1 aliphatic carbocycles. The molecule has 1 aliphatic heterocycles. The summed E-state index contributed by atoms with van der Waals surface area (Å²) in [5.74, 6) is 2.11.